The van der Waals surface area contributed by atoms with Crippen LogP contribution in [0.25, 0.3) is 0 Å². The Morgan fingerprint density at radius 1 is 0.808 bits per heavy atom. The molecule has 0 aliphatic heterocycles. The third-order valence-corrected chi connectivity index (χ3v) is 3.97. The maximum Gasteiger partial charge on any atom is 0.407 e. The number of carbonyl (C=O) groups is 2. The summed E-state index contributed by atoms with van der Waals surface area (Å²) in [5, 5.41) is 2.73. The van der Waals surface area contributed by atoms with Crippen LogP contribution in [-0.4, -0.2) is 31.8 Å². The summed E-state index contributed by atoms with van der Waals surface area (Å²) >= 11 is 0. The lowest BCUT2D eigenvalue weighted by Gasteiger charge is -2.17. The summed E-state index contributed by atoms with van der Waals surface area (Å²) in [6, 6.07) is 0. The number of esters is 1. The highest BCUT2D eigenvalue weighted by Gasteiger charge is 2.13. The van der Waals surface area contributed by atoms with Gasteiger partial charge in [0.05, 0.1) is 13.2 Å². The number of alkyl carbamates (subject to hydrolysis) is 1. The fraction of sp³-hybridized carbons (Fsp3) is 0.905. The van der Waals surface area contributed by atoms with E-state index in [9.17, 15) is 9.59 Å². The maximum atomic E-state index is 11.6. The molecule has 0 saturated carbocycles. The first-order chi connectivity index (χ1) is 12.3. The van der Waals surface area contributed by atoms with Crippen LogP contribution < -0.4 is 5.32 Å². The summed E-state index contributed by atoms with van der Waals surface area (Å²) in [4.78, 5) is 23.1. The van der Waals surface area contributed by atoms with E-state index in [-0.39, 0.29) is 17.5 Å². The van der Waals surface area contributed by atoms with E-state index in [4.69, 9.17) is 9.47 Å². The van der Waals surface area contributed by atoms with Gasteiger partial charge < -0.3 is 14.8 Å². The van der Waals surface area contributed by atoms with Gasteiger partial charge in [-0.2, -0.15) is 0 Å². The quantitative estimate of drug-likeness (QED) is 0.300. The zero-order valence-electron chi connectivity index (χ0n) is 17.5. The van der Waals surface area contributed by atoms with E-state index in [1.807, 2.05) is 20.8 Å². The first-order valence-electron chi connectivity index (χ1n) is 10.4. The van der Waals surface area contributed by atoms with Crippen LogP contribution in [0.1, 0.15) is 98.3 Å². The molecule has 1 N–H and O–H groups in total. The van der Waals surface area contributed by atoms with Gasteiger partial charge in [-0.15, -0.1) is 0 Å². The molecule has 0 atom stereocenters. The number of ether oxygens (including phenoxy) is 2. The van der Waals surface area contributed by atoms with Gasteiger partial charge in [0.1, 0.15) is 0 Å². The molecule has 5 heteroatoms. The van der Waals surface area contributed by atoms with Crippen LogP contribution >= 0.6 is 0 Å². The van der Waals surface area contributed by atoms with Crippen molar-refractivity contribution in [1.82, 2.24) is 5.32 Å². The Bertz CT molecular complexity index is 364. The average Bonchev–Trinajstić information content (AvgIpc) is 2.58. The second kappa shape index (κ2) is 16.0. The molecule has 0 radical (unpaired) electrons. The highest BCUT2D eigenvalue weighted by molar-refractivity contribution is 5.69. The number of carbonyl (C=O) groups excluding carboxylic acids is 2. The number of unbranched alkanes of at least 4 members (excludes halogenated alkanes) is 8. The van der Waals surface area contributed by atoms with Gasteiger partial charge in [0.25, 0.3) is 0 Å². The van der Waals surface area contributed by atoms with Gasteiger partial charge in [0.15, 0.2) is 0 Å². The molecule has 0 heterocycles. The van der Waals surface area contributed by atoms with Gasteiger partial charge >= 0.3 is 12.1 Å². The van der Waals surface area contributed by atoms with E-state index in [0.29, 0.717) is 26.2 Å². The van der Waals surface area contributed by atoms with Crippen molar-refractivity contribution in [3.05, 3.63) is 0 Å². The van der Waals surface area contributed by atoms with Crippen molar-refractivity contribution < 1.29 is 19.1 Å². The lowest BCUT2D eigenvalue weighted by molar-refractivity contribution is -0.143. The van der Waals surface area contributed by atoms with Gasteiger partial charge in [0, 0.05) is 13.0 Å². The summed E-state index contributed by atoms with van der Waals surface area (Å²) in [5.74, 6) is -0.103. The molecular formula is C21H41NO4. The molecule has 0 fully saturated rings. The topological polar surface area (TPSA) is 64.6 Å². The molecule has 0 aromatic carbocycles. The molecule has 0 aliphatic rings. The van der Waals surface area contributed by atoms with E-state index >= 15 is 0 Å². The molecule has 0 aromatic heterocycles. The molecule has 0 aliphatic carbocycles. The van der Waals surface area contributed by atoms with E-state index in [1.54, 1.807) is 0 Å². The minimum absolute atomic E-state index is 0.0211. The van der Waals surface area contributed by atoms with Crippen LogP contribution in [0.3, 0.4) is 0 Å². The van der Waals surface area contributed by atoms with Crippen molar-refractivity contribution in [3.8, 4) is 0 Å². The minimum Gasteiger partial charge on any atom is -0.466 e. The van der Waals surface area contributed by atoms with Crippen LogP contribution in [0.15, 0.2) is 0 Å². The number of amides is 1. The zero-order chi connectivity index (χ0) is 19.7. The second-order valence-corrected chi connectivity index (χ2v) is 8.22. The normalized spacial score (nSPS) is 11.2. The zero-order valence-corrected chi connectivity index (χ0v) is 17.5. The molecule has 0 rings (SSSR count). The van der Waals surface area contributed by atoms with Crippen LogP contribution in [0, 0.1) is 5.41 Å². The Labute approximate surface area is 160 Å². The Morgan fingerprint density at radius 3 is 2.08 bits per heavy atom. The van der Waals surface area contributed by atoms with Crippen molar-refractivity contribution in [3.63, 3.8) is 0 Å². The first kappa shape index (κ1) is 24.7. The molecule has 0 unspecified atom stereocenters. The predicted molar refractivity (Wildman–Crippen MR) is 106 cm³/mol. The summed E-state index contributed by atoms with van der Waals surface area (Å²) < 4.78 is 10.4. The van der Waals surface area contributed by atoms with Gasteiger partial charge in [-0.3, -0.25) is 4.79 Å². The Kier molecular flexibility index (Phi) is 15.2. The average molecular weight is 372 g/mol. The maximum absolute atomic E-state index is 11.6. The van der Waals surface area contributed by atoms with E-state index < -0.39 is 0 Å². The molecule has 154 valence electrons. The van der Waals surface area contributed by atoms with Crippen molar-refractivity contribution >= 4 is 12.1 Å². The van der Waals surface area contributed by atoms with E-state index in [1.165, 1.54) is 32.1 Å². The highest BCUT2D eigenvalue weighted by atomic mass is 16.5. The number of hydrogen-bond donors (Lipinski definition) is 1. The highest BCUT2D eigenvalue weighted by Crippen LogP contribution is 2.12. The summed E-state index contributed by atoms with van der Waals surface area (Å²) in [5.41, 5.74) is -0.0211. The fourth-order valence-electron chi connectivity index (χ4n) is 2.41. The van der Waals surface area contributed by atoms with Crippen LogP contribution in [-0.2, 0) is 14.3 Å². The predicted octanol–water partition coefficient (Wildman–Crippen LogP) is 5.61. The van der Waals surface area contributed by atoms with E-state index in [0.717, 1.165) is 32.1 Å². The number of nitrogens with one attached hydrogen (secondary N) is 1. The van der Waals surface area contributed by atoms with Crippen LogP contribution in [0.5, 0.6) is 0 Å². The molecule has 1 amide bonds. The molecule has 5 nitrogen and oxygen atoms in total. The third-order valence-electron chi connectivity index (χ3n) is 3.97. The summed E-state index contributed by atoms with van der Waals surface area (Å²) in [7, 11) is 0. The number of hydrogen-bond acceptors (Lipinski definition) is 4. The Morgan fingerprint density at radius 2 is 1.42 bits per heavy atom. The summed E-state index contributed by atoms with van der Waals surface area (Å²) in [6.45, 7) is 9.82. The lowest BCUT2D eigenvalue weighted by Crippen LogP contribution is -2.28. The standard InChI is InChI=1S/C21H41NO4/c1-5-6-7-8-9-10-14-17-25-19(23)15-12-11-13-16-22-20(24)26-18-21(2,3)4/h5-18H2,1-4H3,(H,22,24). The Balaban J connectivity index is 3.35. The van der Waals surface area contributed by atoms with Crippen molar-refractivity contribution in [2.24, 2.45) is 5.41 Å². The minimum atomic E-state index is -0.367. The monoisotopic (exact) mass is 371 g/mol. The van der Waals surface area contributed by atoms with Crippen LogP contribution in [0.2, 0.25) is 0 Å². The van der Waals surface area contributed by atoms with Crippen molar-refractivity contribution in [2.75, 3.05) is 19.8 Å². The van der Waals surface area contributed by atoms with Gasteiger partial charge in [-0.05, 0) is 24.7 Å². The molecule has 0 bridgehead atoms. The fourth-order valence-corrected chi connectivity index (χ4v) is 2.41. The van der Waals surface area contributed by atoms with Crippen molar-refractivity contribution in [2.45, 2.75) is 98.3 Å². The van der Waals surface area contributed by atoms with Crippen molar-refractivity contribution in [1.29, 1.82) is 0 Å². The SMILES string of the molecule is CCCCCCCCCOC(=O)CCCCCNC(=O)OCC(C)(C)C. The Hall–Kier alpha value is -1.26. The molecular weight excluding hydrogens is 330 g/mol. The van der Waals surface area contributed by atoms with Gasteiger partial charge in [0.2, 0.25) is 0 Å². The summed E-state index contributed by atoms with van der Waals surface area (Å²) in [6.07, 6.45) is 11.2. The van der Waals surface area contributed by atoms with E-state index in [2.05, 4.69) is 12.2 Å². The number of rotatable bonds is 15. The van der Waals surface area contributed by atoms with Crippen LogP contribution in [0.4, 0.5) is 4.79 Å². The molecule has 0 spiro atoms. The van der Waals surface area contributed by atoms with Gasteiger partial charge in [-0.25, -0.2) is 4.79 Å². The molecule has 0 saturated heterocycles. The second-order valence-electron chi connectivity index (χ2n) is 8.22. The molecule has 26 heavy (non-hydrogen) atoms. The van der Waals surface area contributed by atoms with Gasteiger partial charge in [-0.1, -0.05) is 72.6 Å². The molecule has 0 aromatic rings. The third kappa shape index (κ3) is 19.1. The first-order valence-corrected chi connectivity index (χ1v) is 10.4. The smallest absolute Gasteiger partial charge is 0.407 e. The largest absolute Gasteiger partial charge is 0.466 e. The lowest BCUT2D eigenvalue weighted by atomic mass is 9.99.